The van der Waals surface area contributed by atoms with Gasteiger partial charge in [-0.1, -0.05) is 57.7 Å². The summed E-state index contributed by atoms with van der Waals surface area (Å²) < 4.78 is 5.89. The molecule has 0 saturated heterocycles. The zero-order valence-corrected chi connectivity index (χ0v) is 15.3. The Bertz CT molecular complexity index is 535. The first-order valence-electron chi connectivity index (χ1n) is 9.46. The predicted octanol–water partition coefficient (Wildman–Crippen LogP) is 4.32. The molecule has 1 aliphatic carbocycles. The highest BCUT2D eigenvalue weighted by atomic mass is 16.5. The molecule has 3 heteroatoms. The maximum Gasteiger partial charge on any atom is 0.119 e. The van der Waals surface area contributed by atoms with Gasteiger partial charge in [0.15, 0.2) is 0 Å². The van der Waals surface area contributed by atoms with E-state index in [0.717, 1.165) is 31.6 Å². The lowest BCUT2D eigenvalue weighted by Crippen LogP contribution is -2.50. The van der Waals surface area contributed by atoms with Crippen LogP contribution in [0.15, 0.2) is 24.3 Å². The van der Waals surface area contributed by atoms with Crippen LogP contribution in [0, 0.1) is 5.92 Å². The van der Waals surface area contributed by atoms with Gasteiger partial charge in [0.25, 0.3) is 0 Å². The maximum atomic E-state index is 9.63. The van der Waals surface area contributed by atoms with Gasteiger partial charge in [0.05, 0.1) is 13.2 Å². The Morgan fingerprint density at radius 2 is 2.00 bits per heavy atom. The topological polar surface area (TPSA) is 55.5 Å². The molecular formula is C21H33NO2. The van der Waals surface area contributed by atoms with E-state index < -0.39 is 5.54 Å². The molecule has 1 aromatic carbocycles. The molecule has 0 radical (unpaired) electrons. The van der Waals surface area contributed by atoms with E-state index in [1.165, 1.54) is 36.8 Å². The summed E-state index contributed by atoms with van der Waals surface area (Å²) in [5, 5.41) is 9.63. The molecule has 0 amide bonds. The SMILES string of the molecule is CCCCCCCOc1ccc2c(c1)C=CC(C(N)(CC)CO)C2. The number of ether oxygens (including phenoxy) is 1. The Balaban J connectivity index is 1.90. The normalized spacial score (nSPS) is 18.9. The molecule has 0 aliphatic heterocycles. The van der Waals surface area contributed by atoms with Crippen molar-refractivity contribution < 1.29 is 9.84 Å². The van der Waals surface area contributed by atoms with Crippen molar-refractivity contribution in [3.05, 3.63) is 35.4 Å². The lowest BCUT2D eigenvalue weighted by molar-refractivity contribution is 0.154. The third-order valence-corrected chi connectivity index (χ3v) is 5.27. The minimum Gasteiger partial charge on any atom is -0.494 e. The summed E-state index contributed by atoms with van der Waals surface area (Å²) in [6, 6.07) is 6.33. The van der Waals surface area contributed by atoms with Crippen molar-refractivity contribution in [3.8, 4) is 5.75 Å². The number of benzene rings is 1. The molecule has 0 bridgehead atoms. The van der Waals surface area contributed by atoms with Crippen molar-refractivity contribution in [2.75, 3.05) is 13.2 Å². The van der Waals surface area contributed by atoms with Crippen molar-refractivity contribution in [2.45, 2.75) is 64.3 Å². The van der Waals surface area contributed by atoms with Crippen molar-refractivity contribution in [1.29, 1.82) is 0 Å². The summed E-state index contributed by atoms with van der Waals surface area (Å²) in [6.45, 7) is 5.09. The van der Waals surface area contributed by atoms with Gasteiger partial charge in [0.2, 0.25) is 0 Å². The highest BCUT2D eigenvalue weighted by Crippen LogP contribution is 2.32. The number of nitrogens with two attached hydrogens (primary N) is 1. The van der Waals surface area contributed by atoms with Crippen molar-refractivity contribution in [1.82, 2.24) is 0 Å². The molecule has 3 nitrogen and oxygen atoms in total. The fraction of sp³-hybridized carbons (Fsp3) is 0.619. The van der Waals surface area contributed by atoms with Crippen LogP contribution in [-0.4, -0.2) is 23.9 Å². The van der Waals surface area contributed by atoms with Crippen molar-refractivity contribution in [2.24, 2.45) is 11.7 Å². The second kappa shape index (κ2) is 9.24. The standard InChI is InChI=1S/C21H33NO2/c1-3-5-6-7-8-13-24-20-12-10-17-14-19(11-9-18(17)15-20)21(22,4-2)16-23/h9-12,15,19,23H,3-8,13-14,16,22H2,1-2H3. The van der Waals surface area contributed by atoms with Crippen LogP contribution in [-0.2, 0) is 6.42 Å². The number of hydrogen-bond acceptors (Lipinski definition) is 3. The van der Waals surface area contributed by atoms with E-state index in [1.54, 1.807) is 0 Å². The van der Waals surface area contributed by atoms with Gasteiger partial charge in [-0.25, -0.2) is 0 Å². The molecule has 1 aliphatic rings. The second-order valence-corrected chi connectivity index (χ2v) is 7.04. The van der Waals surface area contributed by atoms with Crippen LogP contribution in [0.3, 0.4) is 0 Å². The first-order chi connectivity index (χ1) is 11.6. The van der Waals surface area contributed by atoms with Crippen LogP contribution in [0.25, 0.3) is 6.08 Å². The molecule has 2 unspecified atom stereocenters. The van der Waals surface area contributed by atoms with Gasteiger partial charge in [-0.3, -0.25) is 0 Å². The van der Waals surface area contributed by atoms with Crippen LogP contribution in [0.5, 0.6) is 5.75 Å². The van der Waals surface area contributed by atoms with E-state index in [4.69, 9.17) is 10.5 Å². The second-order valence-electron chi connectivity index (χ2n) is 7.04. The minimum atomic E-state index is -0.526. The molecule has 2 rings (SSSR count). The first kappa shape index (κ1) is 19.0. The Kier molecular flexibility index (Phi) is 7.32. The molecule has 0 spiro atoms. The number of rotatable bonds is 10. The molecule has 0 heterocycles. The summed E-state index contributed by atoms with van der Waals surface area (Å²) >= 11 is 0. The van der Waals surface area contributed by atoms with E-state index >= 15 is 0 Å². The number of aliphatic hydroxyl groups is 1. The minimum absolute atomic E-state index is 0.0209. The molecule has 3 N–H and O–H groups in total. The van der Waals surface area contributed by atoms with Crippen LogP contribution in [0.1, 0.15) is 63.5 Å². The zero-order valence-electron chi connectivity index (χ0n) is 15.3. The van der Waals surface area contributed by atoms with Crippen molar-refractivity contribution >= 4 is 6.08 Å². The third kappa shape index (κ3) is 4.84. The van der Waals surface area contributed by atoms with E-state index in [-0.39, 0.29) is 12.5 Å². The largest absolute Gasteiger partial charge is 0.494 e. The molecular weight excluding hydrogens is 298 g/mol. The van der Waals surface area contributed by atoms with E-state index in [2.05, 4.69) is 37.3 Å². The molecule has 2 atom stereocenters. The quantitative estimate of drug-likeness (QED) is 0.628. The zero-order chi connectivity index (χ0) is 17.4. The first-order valence-corrected chi connectivity index (χ1v) is 9.46. The molecule has 24 heavy (non-hydrogen) atoms. The van der Waals surface area contributed by atoms with E-state index in [1.807, 2.05) is 6.92 Å². The lowest BCUT2D eigenvalue weighted by atomic mass is 9.76. The average molecular weight is 332 g/mol. The van der Waals surface area contributed by atoms with Crippen LogP contribution in [0.2, 0.25) is 0 Å². The summed E-state index contributed by atoms with van der Waals surface area (Å²) in [5.41, 5.74) is 8.32. The summed E-state index contributed by atoms with van der Waals surface area (Å²) in [7, 11) is 0. The number of hydrogen-bond donors (Lipinski definition) is 2. The Morgan fingerprint density at radius 3 is 2.71 bits per heavy atom. The Labute approximate surface area is 146 Å². The summed E-state index contributed by atoms with van der Waals surface area (Å²) in [5.74, 6) is 1.13. The van der Waals surface area contributed by atoms with Gasteiger partial charge in [-0.05, 0) is 42.5 Å². The van der Waals surface area contributed by atoms with Gasteiger partial charge in [-0.15, -0.1) is 0 Å². The fourth-order valence-electron chi connectivity index (χ4n) is 3.31. The van der Waals surface area contributed by atoms with Gasteiger partial charge < -0.3 is 15.6 Å². The van der Waals surface area contributed by atoms with Gasteiger partial charge in [0.1, 0.15) is 5.75 Å². The van der Waals surface area contributed by atoms with Crippen molar-refractivity contribution in [3.63, 3.8) is 0 Å². The molecule has 0 aromatic heterocycles. The molecule has 1 aromatic rings. The van der Waals surface area contributed by atoms with E-state index in [9.17, 15) is 5.11 Å². The predicted molar refractivity (Wildman–Crippen MR) is 101 cm³/mol. The number of fused-ring (bicyclic) bond motifs is 1. The monoisotopic (exact) mass is 331 g/mol. The Morgan fingerprint density at radius 1 is 1.21 bits per heavy atom. The highest BCUT2D eigenvalue weighted by molar-refractivity contribution is 5.59. The highest BCUT2D eigenvalue weighted by Gasteiger charge is 2.32. The van der Waals surface area contributed by atoms with Gasteiger partial charge >= 0.3 is 0 Å². The van der Waals surface area contributed by atoms with Crippen LogP contribution >= 0.6 is 0 Å². The van der Waals surface area contributed by atoms with E-state index in [0.29, 0.717) is 0 Å². The number of unbranched alkanes of at least 4 members (excludes halogenated alkanes) is 4. The fourth-order valence-corrected chi connectivity index (χ4v) is 3.31. The molecule has 0 fully saturated rings. The Hall–Kier alpha value is -1.32. The lowest BCUT2D eigenvalue weighted by Gasteiger charge is -2.35. The molecule has 134 valence electrons. The third-order valence-electron chi connectivity index (χ3n) is 5.27. The molecule has 0 saturated carbocycles. The summed E-state index contributed by atoms with van der Waals surface area (Å²) in [6.07, 6.45) is 12.2. The van der Waals surface area contributed by atoms with Crippen LogP contribution in [0.4, 0.5) is 0 Å². The smallest absolute Gasteiger partial charge is 0.119 e. The number of aliphatic hydroxyl groups excluding tert-OH is 1. The maximum absolute atomic E-state index is 9.63. The summed E-state index contributed by atoms with van der Waals surface area (Å²) in [4.78, 5) is 0. The van der Waals surface area contributed by atoms with Gasteiger partial charge in [-0.2, -0.15) is 0 Å². The van der Waals surface area contributed by atoms with Crippen LogP contribution < -0.4 is 10.5 Å². The van der Waals surface area contributed by atoms with Gasteiger partial charge in [0, 0.05) is 11.5 Å². The average Bonchev–Trinajstić information content (AvgIpc) is 2.63.